The van der Waals surface area contributed by atoms with Crippen LogP contribution in [0.1, 0.15) is 17.9 Å². The molecule has 0 saturated carbocycles. The first kappa shape index (κ1) is 9.76. The summed E-state index contributed by atoms with van der Waals surface area (Å²) in [6.45, 7) is 0.299. The lowest BCUT2D eigenvalue weighted by molar-refractivity contribution is -0.184. The van der Waals surface area contributed by atoms with Crippen LogP contribution in [0, 0.1) is 0 Å². The number of ether oxygens (including phenoxy) is 1. The minimum Gasteiger partial charge on any atom is -0.508 e. The standard InChI is InChI=1S/C10H9FO4/c11-15-10(13)3-6-5-14-9-4-7(12)1-2-8(6)9/h1-2,4,6,12H,3,5H2. The van der Waals surface area contributed by atoms with Gasteiger partial charge in [-0.1, -0.05) is 6.07 Å². The molecule has 1 aliphatic rings. The molecule has 1 aliphatic heterocycles. The van der Waals surface area contributed by atoms with Crippen molar-refractivity contribution in [3.8, 4) is 11.5 Å². The molecule has 0 aromatic heterocycles. The molecule has 1 heterocycles. The molecule has 4 nitrogen and oxygen atoms in total. The van der Waals surface area contributed by atoms with Gasteiger partial charge in [0.15, 0.2) is 0 Å². The van der Waals surface area contributed by atoms with E-state index in [4.69, 9.17) is 4.74 Å². The predicted molar refractivity (Wildman–Crippen MR) is 48.2 cm³/mol. The van der Waals surface area contributed by atoms with Crippen molar-refractivity contribution in [2.45, 2.75) is 12.3 Å². The molecular formula is C10H9FO4. The van der Waals surface area contributed by atoms with Crippen LogP contribution in [0.25, 0.3) is 0 Å². The second-order valence-electron chi connectivity index (χ2n) is 3.38. The first-order valence-electron chi connectivity index (χ1n) is 4.48. The van der Waals surface area contributed by atoms with Gasteiger partial charge in [0, 0.05) is 22.1 Å². The summed E-state index contributed by atoms with van der Waals surface area (Å²) in [5.74, 6) is -0.484. The molecular weight excluding hydrogens is 203 g/mol. The minimum absolute atomic E-state index is 0.0612. The third-order valence-electron chi connectivity index (χ3n) is 2.38. The SMILES string of the molecule is O=C(CC1COc2cc(O)ccc21)OF. The van der Waals surface area contributed by atoms with E-state index in [-0.39, 0.29) is 18.1 Å². The van der Waals surface area contributed by atoms with Crippen molar-refractivity contribution in [1.29, 1.82) is 0 Å². The van der Waals surface area contributed by atoms with Crippen LogP contribution in [-0.4, -0.2) is 17.7 Å². The monoisotopic (exact) mass is 212 g/mol. The maximum atomic E-state index is 11.5. The first-order valence-corrected chi connectivity index (χ1v) is 4.48. The number of benzene rings is 1. The van der Waals surface area contributed by atoms with Gasteiger partial charge in [-0.15, -0.1) is 0 Å². The third-order valence-corrected chi connectivity index (χ3v) is 2.38. The van der Waals surface area contributed by atoms with E-state index in [0.29, 0.717) is 12.4 Å². The van der Waals surface area contributed by atoms with Crippen molar-refractivity contribution in [3.05, 3.63) is 23.8 Å². The molecule has 80 valence electrons. The normalized spacial score (nSPS) is 18.1. The van der Waals surface area contributed by atoms with E-state index < -0.39 is 5.97 Å². The number of hydrogen-bond acceptors (Lipinski definition) is 4. The van der Waals surface area contributed by atoms with Crippen LogP contribution < -0.4 is 4.74 Å². The average molecular weight is 212 g/mol. The summed E-state index contributed by atoms with van der Waals surface area (Å²) < 4.78 is 16.8. The van der Waals surface area contributed by atoms with Gasteiger partial charge in [-0.2, -0.15) is 0 Å². The lowest BCUT2D eigenvalue weighted by Crippen LogP contribution is -2.08. The summed E-state index contributed by atoms with van der Waals surface area (Å²) in [5.41, 5.74) is 0.790. The highest BCUT2D eigenvalue weighted by Gasteiger charge is 2.27. The summed E-state index contributed by atoms with van der Waals surface area (Å²) in [6.07, 6.45) is -0.0612. The third kappa shape index (κ3) is 1.86. The maximum Gasteiger partial charge on any atom is 0.349 e. The predicted octanol–water partition coefficient (Wildman–Crippen LogP) is 1.69. The van der Waals surface area contributed by atoms with Crippen LogP contribution in [0.5, 0.6) is 11.5 Å². The zero-order valence-electron chi connectivity index (χ0n) is 7.77. The lowest BCUT2D eigenvalue weighted by atomic mass is 9.98. The molecule has 1 N–H and O–H groups in total. The molecule has 0 aliphatic carbocycles. The van der Waals surface area contributed by atoms with E-state index in [1.54, 1.807) is 6.07 Å². The Labute approximate surface area is 85.1 Å². The number of halogens is 1. The number of phenolic OH excluding ortho intramolecular Hbond substituents is 1. The zero-order chi connectivity index (χ0) is 10.8. The maximum absolute atomic E-state index is 11.5. The van der Waals surface area contributed by atoms with Gasteiger partial charge in [0.25, 0.3) is 0 Å². The number of carbonyl (C=O) groups excluding carboxylic acids is 1. The average Bonchev–Trinajstić information content (AvgIpc) is 2.60. The van der Waals surface area contributed by atoms with Gasteiger partial charge in [0.2, 0.25) is 0 Å². The molecule has 1 atom stereocenters. The van der Waals surface area contributed by atoms with E-state index in [2.05, 4.69) is 4.94 Å². The molecule has 2 rings (SSSR count). The van der Waals surface area contributed by atoms with E-state index in [9.17, 15) is 14.4 Å². The number of fused-ring (bicyclic) bond motifs is 1. The van der Waals surface area contributed by atoms with Gasteiger partial charge in [-0.3, -0.25) is 4.94 Å². The number of aromatic hydroxyl groups is 1. The van der Waals surface area contributed by atoms with Crippen LogP contribution in [0.3, 0.4) is 0 Å². The highest BCUT2D eigenvalue weighted by atomic mass is 19.3. The molecule has 1 aromatic carbocycles. The Bertz CT molecular complexity index is 391. The fraction of sp³-hybridized carbons (Fsp3) is 0.300. The van der Waals surface area contributed by atoms with Gasteiger partial charge < -0.3 is 9.84 Å². The Hall–Kier alpha value is -1.78. The Kier molecular flexibility index (Phi) is 2.45. The van der Waals surface area contributed by atoms with Crippen LogP contribution in [0.4, 0.5) is 4.53 Å². The number of carbonyl (C=O) groups is 1. The van der Waals surface area contributed by atoms with Gasteiger partial charge >= 0.3 is 5.97 Å². The zero-order valence-corrected chi connectivity index (χ0v) is 7.77. The molecule has 0 amide bonds. The van der Waals surface area contributed by atoms with E-state index >= 15 is 0 Å². The van der Waals surface area contributed by atoms with Crippen molar-refractivity contribution < 1.29 is 24.1 Å². The number of hydrogen-bond donors (Lipinski definition) is 1. The van der Waals surface area contributed by atoms with E-state index in [1.165, 1.54) is 12.1 Å². The molecule has 0 fully saturated rings. The Balaban J connectivity index is 2.18. The molecule has 0 spiro atoms. The van der Waals surface area contributed by atoms with Crippen molar-refractivity contribution in [2.75, 3.05) is 6.61 Å². The topological polar surface area (TPSA) is 55.8 Å². The second-order valence-corrected chi connectivity index (χ2v) is 3.38. The second kappa shape index (κ2) is 3.76. The van der Waals surface area contributed by atoms with Crippen molar-refractivity contribution in [2.24, 2.45) is 0 Å². The molecule has 0 saturated heterocycles. The van der Waals surface area contributed by atoms with E-state index in [0.717, 1.165) is 5.56 Å². The minimum atomic E-state index is -0.912. The summed E-state index contributed by atoms with van der Waals surface area (Å²) >= 11 is 0. The molecule has 0 bridgehead atoms. The summed E-state index contributed by atoms with van der Waals surface area (Å²) in [5, 5.41) is 9.18. The van der Waals surface area contributed by atoms with Crippen molar-refractivity contribution in [1.82, 2.24) is 0 Å². The lowest BCUT2D eigenvalue weighted by Gasteiger charge is -2.04. The quantitative estimate of drug-likeness (QED) is 0.810. The molecule has 5 heteroatoms. The molecule has 1 unspecified atom stereocenters. The Morgan fingerprint density at radius 1 is 1.67 bits per heavy atom. The summed E-state index contributed by atoms with van der Waals surface area (Å²) in [7, 11) is 0. The fourth-order valence-electron chi connectivity index (χ4n) is 1.67. The molecule has 0 radical (unpaired) electrons. The van der Waals surface area contributed by atoms with Crippen molar-refractivity contribution >= 4 is 5.97 Å². The summed E-state index contributed by atoms with van der Waals surface area (Å²) in [6, 6.07) is 4.63. The van der Waals surface area contributed by atoms with E-state index in [1.807, 2.05) is 0 Å². The van der Waals surface area contributed by atoms with Crippen molar-refractivity contribution in [3.63, 3.8) is 0 Å². The number of rotatable bonds is 2. The largest absolute Gasteiger partial charge is 0.508 e. The van der Waals surface area contributed by atoms with Crippen LogP contribution in [-0.2, 0) is 9.74 Å². The molecule has 15 heavy (non-hydrogen) atoms. The highest BCUT2D eigenvalue weighted by Crippen LogP contribution is 2.37. The smallest absolute Gasteiger partial charge is 0.349 e. The van der Waals surface area contributed by atoms with Gasteiger partial charge in [0.05, 0.1) is 13.0 Å². The summed E-state index contributed by atoms with van der Waals surface area (Å²) in [4.78, 5) is 13.8. The Morgan fingerprint density at radius 2 is 2.47 bits per heavy atom. The first-order chi connectivity index (χ1) is 7.20. The van der Waals surface area contributed by atoms with Crippen LogP contribution in [0.2, 0.25) is 0 Å². The fourth-order valence-corrected chi connectivity index (χ4v) is 1.67. The highest BCUT2D eigenvalue weighted by molar-refractivity contribution is 5.70. The van der Waals surface area contributed by atoms with Gasteiger partial charge in [-0.25, -0.2) is 4.79 Å². The Morgan fingerprint density at radius 3 is 3.20 bits per heavy atom. The molecule has 1 aromatic rings. The van der Waals surface area contributed by atoms with Gasteiger partial charge in [0.1, 0.15) is 11.5 Å². The van der Waals surface area contributed by atoms with Crippen LogP contribution in [0.15, 0.2) is 18.2 Å². The number of phenols is 1. The van der Waals surface area contributed by atoms with Crippen LogP contribution >= 0.6 is 0 Å². The van der Waals surface area contributed by atoms with Gasteiger partial charge in [-0.05, 0) is 6.07 Å².